The van der Waals surface area contributed by atoms with Gasteiger partial charge < -0.3 is 16.4 Å². The summed E-state index contributed by atoms with van der Waals surface area (Å²) in [5.41, 5.74) is 12.9. The van der Waals surface area contributed by atoms with E-state index in [9.17, 15) is 4.79 Å². The van der Waals surface area contributed by atoms with Gasteiger partial charge in [0.15, 0.2) is 5.82 Å². The lowest BCUT2D eigenvalue weighted by Crippen LogP contribution is -2.40. The molecule has 0 saturated heterocycles. The van der Waals surface area contributed by atoms with E-state index in [-0.39, 0.29) is 18.5 Å². The van der Waals surface area contributed by atoms with Crippen LogP contribution in [-0.2, 0) is 18.3 Å². The first-order chi connectivity index (χ1) is 8.38. The van der Waals surface area contributed by atoms with Crippen molar-refractivity contribution >= 4 is 17.4 Å². The van der Waals surface area contributed by atoms with Gasteiger partial charge in [0.25, 0.3) is 0 Å². The predicted octanol–water partition coefficient (Wildman–Crippen LogP) is 0.655. The topological polar surface area (TPSA) is 90.2 Å². The number of carbonyl (C=O) groups is 1. The molecule has 1 aromatic rings. The van der Waals surface area contributed by atoms with Gasteiger partial charge in [0.1, 0.15) is 0 Å². The lowest BCUT2D eigenvalue weighted by Gasteiger charge is -2.27. The van der Waals surface area contributed by atoms with Crippen LogP contribution >= 0.6 is 0 Å². The number of hydrogen-bond acceptors (Lipinski definition) is 4. The maximum Gasteiger partial charge on any atom is 0.237 e. The molecular weight excluding hydrogens is 230 g/mol. The minimum absolute atomic E-state index is 0.129. The van der Waals surface area contributed by atoms with Crippen LogP contribution in [-0.4, -0.2) is 28.3 Å². The fourth-order valence-electron chi connectivity index (χ4n) is 2.02. The smallest absolute Gasteiger partial charge is 0.237 e. The molecule has 0 unspecified atom stereocenters. The average Bonchev–Trinajstić information content (AvgIpc) is 2.52. The zero-order valence-corrected chi connectivity index (χ0v) is 11.6. The molecule has 0 bridgehead atoms. The largest absolute Gasteiger partial charge is 0.394 e. The van der Waals surface area contributed by atoms with Crippen molar-refractivity contribution in [1.29, 1.82) is 0 Å². The maximum absolute atomic E-state index is 11.2. The third-order valence-corrected chi connectivity index (χ3v) is 2.84. The van der Waals surface area contributed by atoms with Crippen LogP contribution in [0.5, 0.6) is 0 Å². The zero-order chi connectivity index (χ0) is 13.9. The van der Waals surface area contributed by atoms with E-state index in [1.807, 2.05) is 25.8 Å². The van der Waals surface area contributed by atoms with E-state index in [2.05, 4.69) is 12.0 Å². The Bertz CT molecular complexity index is 424. The molecule has 0 fully saturated rings. The van der Waals surface area contributed by atoms with Crippen LogP contribution in [0.4, 0.5) is 11.5 Å². The summed E-state index contributed by atoms with van der Waals surface area (Å²) in [5, 5.41) is 4.41. The maximum atomic E-state index is 11.2. The van der Waals surface area contributed by atoms with Crippen molar-refractivity contribution in [2.45, 2.75) is 39.7 Å². The number of rotatable bonds is 6. The summed E-state index contributed by atoms with van der Waals surface area (Å²) in [6, 6.07) is 0.129. The minimum Gasteiger partial charge on any atom is -0.394 e. The van der Waals surface area contributed by atoms with Crippen LogP contribution in [0, 0.1) is 0 Å². The van der Waals surface area contributed by atoms with E-state index >= 15 is 0 Å². The van der Waals surface area contributed by atoms with Crippen LogP contribution in [0.3, 0.4) is 0 Å². The molecule has 0 spiro atoms. The highest BCUT2D eigenvalue weighted by atomic mass is 16.1. The Labute approximate surface area is 108 Å². The summed E-state index contributed by atoms with van der Waals surface area (Å²) in [4.78, 5) is 13.0. The van der Waals surface area contributed by atoms with Gasteiger partial charge in [0.05, 0.1) is 17.9 Å². The SMILES string of the molecule is CCCc1nn(C)c(N(CC(N)=O)C(C)C)c1N. The molecule has 6 nitrogen and oxygen atoms in total. The van der Waals surface area contributed by atoms with E-state index in [1.165, 1.54) is 0 Å². The molecule has 18 heavy (non-hydrogen) atoms. The van der Waals surface area contributed by atoms with Crippen molar-refractivity contribution < 1.29 is 4.79 Å². The first-order valence-electron chi connectivity index (χ1n) is 6.24. The normalized spacial score (nSPS) is 10.9. The minimum atomic E-state index is -0.374. The molecular formula is C12H23N5O. The van der Waals surface area contributed by atoms with E-state index in [0.29, 0.717) is 5.69 Å². The molecule has 0 aliphatic carbocycles. The van der Waals surface area contributed by atoms with E-state index in [0.717, 1.165) is 24.4 Å². The molecule has 0 aromatic carbocycles. The molecule has 102 valence electrons. The van der Waals surface area contributed by atoms with Crippen molar-refractivity contribution in [3.63, 3.8) is 0 Å². The zero-order valence-electron chi connectivity index (χ0n) is 11.6. The van der Waals surface area contributed by atoms with Crippen molar-refractivity contribution in [2.24, 2.45) is 12.8 Å². The number of amides is 1. The molecule has 1 amide bonds. The number of primary amides is 1. The highest BCUT2D eigenvalue weighted by Gasteiger charge is 2.22. The molecule has 6 heteroatoms. The number of nitrogens with zero attached hydrogens (tertiary/aromatic N) is 3. The second-order valence-electron chi connectivity index (χ2n) is 4.75. The molecule has 0 atom stereocenters. The standard InChI is InChI=1S/C12H23N5O/c1-5-6-9-11(14)12(16(4)15-9)17(8(2)3)7-10(13)18/h8H,5-7,14H2,1-4H3,(H2,13,18). The number of carbonyl (C=O) groups excluding carboxylic acids is 1. The quantitative estimate of drug-likeness (QED) is 0.779. The number of aromatic nitrogens is 2. The number of anilines is 2. The highest BCUT2D eigenvalue weighted by molar-refractivity contribution is 5.81. The lowest BCUT2D eigenvalue weighted by atomic mass is 10.2. The average molecular weight is 253 g/mol. The predicted molar refractivity (Wildman–Crippen MR) is 73.3 cm³/mol. The Morgan fingerprint density at radius 1 is 1.50 bits per heavy atom. The number of hydrogen-bond donors (Lipinski definition) is 2. The van der Waals surface area contributed by atoms with Crippen LogP contribution in [0.1, 0.15) is 32.9 Å². The van der Waals surface area contributed by atoms with E-state index < -0.39 is 0 Å². The fraction of sp³-hybridized carbons (Fsp3) is 0.667. The van der Waals surface area contributed by atoms with E-state index in [1.54, 1.807) is 4.68 Å². The summed E-state index contributed by atoms with van der Waals surface area (Å²) in [7, 11) is 1.83. The Morgan fingerprint density at radius 3 is 2.56 bits per heavy atom. The Kier molecular flexibility index (Phi) is 4.58. The molecule has 1 aromatic heterocycles. The Balaban J connectivity index is 3.15. The molecule has 1 heterocycles. The van der Waals surface area contributed by atoms with Gasteiger partial charge in [-0.2, -0.15) is 5.10 Å². The van der Waals surface area contributed by atoms with Gasteiger partial charge in [0, 0.05) is 13.1 Å². The Hall–Kier alpha value is -1.72. The van der Waals surface area contributed by atoms with Gasteiger partial charge in [0.2, 0.25) is 5.91 Å². The third-order valence-electron chi connectivity index (χ3n) is 2.84. The molecule has 4 N–H and O–H groups in total. The molecule has 0 aliphatic rings. The van der Waals surface area contributed by atoms with Gasteiger partial charge in [-0.25, -0.2) is 0 Å². The fourth-order valence-corrected chi connectivity index (χ4v) is 2.02. The molecule has 0 radical (unpaired) electrons. The second kappa shape index (κ2) is 5.75. The third kappa shape index (κ3) is 2.94. The molecule has 0 aliphatic heterocycles. The van der Waals surface area contributed by atoms with Gasteiger partial charge in [-0.15, -0.1) is 0 Å². The summed E-state index contributed by atoms with van der Waals surface area (Å²) >= 11 is 0. The van der Waals surface area contributed by atoms with Crippen molar-refractivity contribution in [1.82, 2.24) is 9.78 Å². The van der Waals surface area contributed by atoms with Crippen molar-refractivity contribution in [3.8, 4) is 0 Å². The van der Waals surface area contributed by atoms with Crippen LogP contribution < -0.4 is 16.4 Å². The second-order valence-corrected chi connectivity index (χ2v) is 4.75. The number of nitrogen functional groups attached to an aromatic ring is 1. The van der Waals surface area contributed by atoms with Crippen molar-refractivity contribution in [3.05, 3.63) is 5.69 Å². The molecule has 0 saturated carbocycles. The van der Waals surface area contributed by atoms with Crippen molar-refractivity contribution in [2.75, 3.05) is 17.2 Å². The van der Waals surface area contributed by atoms with Gasteiger partial charge in [-0.05, 0) is 20.3 Å². The number of nitrogens with two attached hydrogens (primary N) is 2. The lowest BCUT2D eigenvalue weighted by molar-refractivity contribution is -0.116. The Morgan fingerprint density at radius 2 is 2.11 bits per heavy atom. The van der Waals surface area contributed by atoms with Gasteiger partial charge in [-0.3, -0.25) is 9.48 Å². The van der Waals surface area contributed by atoms with Crippen LogP contribution in [0.15, 0.2) is 0 Å². The summed E-state index contributed by atoms with van der Waals surface area (Å²) in [6.45, 7) is 6.22. The van der Waals surface area contributed by atoms with Crippen LogP contribution in [0.25, 0.3) is 0 Å². The monoisotopic (exact) mass is 253 g/mol. The van der Waals surface area contributed by atoms with E-state index in [4.69, 9.17) is 11.5 Å². The summed E-state index contributed by atoms with van der Waals surface area (Å²) in [5.74, 6) is 0.397. The summed E-state index contributed by atoms with van der Waals surface area (Å²) in [6.07, 6.45) is 1.82. The first-order valence-corrected chi connectivity index (χ1v) is 6.24. The van der Waals surface area contributed by atoms with Gasteiger partial charge >= 0.3 is 0 Å². The first kappa shape index (κ1) is 14.3. The van der Waals surface area contributed by atoms with Gasteiger partial charge in [-0.1, -0.05) is 13.3 Å². The number of aryl methyl sites for hydroxylation is 2. The highest BCUT2D eigenvalue weighted by Crippen LogP contribution is 2.28. The summed E-state index contributed by atoms with van der Waals surface area (Å²) < 4.78 is 1.73. The van der Waals surface area contributed by atoms with Crippen LogP contribution in [0.2, 0.25) is 0 Å². The molecule has 1 rings (SSSR count).